The monoisotopic (exact) mass is 315 g/mol. The lowest BCUT2D eigenvalue weighted by Crippen LogP contribution is -2.16. The molecule has 0 spiro atoms. The van der Waals surface area contributed by atoms with Crippen LogP contribution in [0.25, 0.3) is 0 Å². The zero-order chi connectivity index (χ0) is 16.3. The van der Waals surface area contributed by atoms with Crippen molar-refractivity contribution in [2.75, 3.05) is 5.32 Å². The van der Waals surface area contributed by atoms with Crippen LogP contribution in [0, 0.1) is 11.6 Å². The molecule has 2 rings (SSSR count). The number of halogens is 5. The van der Waals surface area contributed by atoms with Crippen LogP contribution in [0.2, 0.25) is 0 Å². The standard InChI is InChI=1S/C15H10F5NO/c16-10-3-1-2-9(6-10)7-14(22)21-11-4-5-13(17)12(8-11)15(18,19)20/h1-6,8H,7H2,(H,21,22). The topological polar surface area (TPSA) is 29.1 Å². The summed E-state index contributed by atoms with van der Waals surface area (Å²) in [5.74, 6) is -2.58. The number of benzene rings is 2. The molecule has 0 bridgehead atoms. The van der Waals surface area contributed by atoms with E-state index in [1.54, 1.807) is 0 Å². The number of carbonyl (C=O) groups is 1. The Labute approximate surface area is 122 Å². The quantitative estimate of drug-likeness (QED) is 0.847. The first-order chi connectivity index (χ1) is 10.3. The summed E-state index contributed by atoms with van der Waals surface area (Å²) in [6.07, 6.45) is -5.07. The second-order valence-electron chi connectivity index (χ2n) is 4.55. The second kappa shape index (κ2) is 6.13. The molecule has 7 heteroatoms. The maximum Gasteiger partial charge on any atom is 0.419 e. The Bertz CT molecular complexity index is 697. The molecule has 0 unspecified atom stereocenters. The molecule has 0 aliphatic heterocycles. The van der Waals surface area contributed by atoms with Gasteiger partial charge in [-0.3, -0.25) is 4.79 Å². The number of carbonyl (C=O) groups excluding carboxylic acids is 1. The first-order valence-corrected chi connectivity index (χ1v) is 6.17. The van der Waals surface area contributed by atoms with Gasteiger partial charge in [-0.25, -0.2) is 8.78 Å². The Morgan fingerprint density at radius 1 is 1.05 bits per heavy atom. The lowest BCUT2D eigenvalue weighted by molar-refractivity contribution is -0.140. The van der Waals surface area contributed by atoms with Gasteiger partial charge in [-0.1, -0.05) is 12.1 Å². The Morgan fingerprint density at radius 3 is 2.41 bits per heavy atom. The van der Waals surface area contributed by atoms with Crippen LogP contribution in [-0.4, -0.2) is 5.91 Å². The molecule has 0 heterocycles. The van der Waals surface area contributed by atoms with Gasteiger partial charge in [0.15, 0.2) is 0 Å². The lowest BCUT2D eigenvalue weighted by atomic mass is 10.1. The summed E-state index contributed by atoms with van der Waals surface area (Å²) in [4.78, 5) is 11.7. The minimum absolute atomic E-state index is 0.185. The Morgan fingerprint density at radius 2 is 1.77 bits per heavy atom. The molecule has 1 N–H and O–H groups in total. The third kappa shape index (κ3) is 4.03. The van der Waals surface area contributed by atoms with Crippen molar-refractivity contribution in [1.29, 1.82) is 0 Å². The van der Waals surface area contributed by atoms with Gasteiger partial charge in [0.1, 0.15) is 11.6 Å². The highest BCUT2D eigenvalue weighted by Gasteiger charge is 2.34. The van der Waals surface area contributed by atoms with Gasteiger partial charge < -0.3 is 5.32 Å². The molecular weight excluding hydrogens is 305 g/mol. The summed E-state index contributed by atoms with van der Waals surface area (Å²) in [5, 5.41) is 2.22. The number of amides is 1. The van der Waals surface area contributed by atoms with Crippen molar-refractivity contribution in [1.82, 2.24) is 0 Å². The van der Waals surface area contributed by atoms with Crippen molar-refractivity contribution < 1.29 is 26.7 Å². The minimum Gasteiger partial charge on any atom is -0.326 e. The molecule has 0 fully saturated rings. The molecule has 2 aromatic carbocycles. The van der Waals surface area contributed by atoms with E-state index in [0.717, 1.165) is 12.1 Å². The molecule has 1 amide bonds. The fourth-order valence-electron chi connectivity index (χ4n) is 1.86. The summed E-state index contributed by atoms with van der Waals surface area (Å²) in [7, 11) is 0. The van der Waals surface area contributed by atoms with E-state index in [2.05, 4.69) is 5.32 Å². The normalized spacial score (nSPS) is 11.3. The maximum absolute atomic E-state index is 13.1. The summed E-state index contributed by atoms with van der Waals surface area (Å²) >= 11 is 0. The van der Waals surface area contributed by atoms with E-state index in [9.17, 15) is 26.7 Å². The highest BCUT2D eigenvalue weighted by atomic mass is 19.4. The van der Waals surface area contributed by atoms with Crippen LogP contribution in [0.3, 0.4) is 0 Å². The third-order valence-electron chi connectivity index (χ3n) is 2.81. The van der Waals surface area contributed by atoms with Crippen molar-refractivity contribution in [2.45, 2.75) is 12.6 Å². The molecule has 0 saturated carbocycles. The van der Waals surface area contributed by atoms with E-state index in [4.69, 9.17) is 0 Å². The Kier molecular flexibility index (Phi) is 4.44. The van der Waals surface area contributed by atoms with Crippen LogP contribution in [0.5, 0.6) is 0 Å². The number of rotatable bonds is 3. The van der Waals surface area contributed by atoms with Gasteiger partial charge in [0.25, 0.3) is 0 Å². The van der Waals surface area contributed by atoms with Gasteiger partial charge >= 0.3 is 6.18 Å². The molecule has 22 heavy (non-hydrogen) atoms. The van der Waals surface area contributed by atoms with Crippen molar-refractivity contribution in [3.8, 4) is 0 Å². The molecule has 2 aromatic rings. The van der Waals surface area contributed by atoms with Crippen molar-refractivity contribution in [2.24, 2.45) is 0 Å². The van der Waals surface area contributed by atoms with Crippen LogP contribution < -0.4 is 5.32 Å². The average Bonchev–Trinajstić information content (AvgIpc) is 2.39. The Balaban J connectivity index is 2.12. The predicted molar refractivity (Wildman–Crippen MR) is 70.1 cm³/mol. The summed E-state index contributed by atoms with van der Waals surface area (Å²) in [6, 6.07) is 7.43. The summed E-state index contributed by atoms with van der Waals surface area (Å²) in [6.45, 7) is 0. The molecule has 2 nitrogen and oxygen atoms in total. The first-order valence-electron chi connectivity index (χ1n) is 6.17. The fourth-order valence-corrected chi connectivity index (χ4v) is 1.86. The second-order valence-corrected chi connectivity index (χ2v) is 4.55. The highest BCUT2D eigenvalue weighted by Crippen LogP contribution is 2.33. The van der Waals surface area contributed by atoms with E-state index >= 15 is 0 Å². The van der Waals surface area contributed by atoms with Crippen LogP contribution in [0.4, 0.5) is 27.6 Å². The Hall–Kier alpha value is -2.44. The molecule has 0 aromatic heterocycles. The lowest BCUT2D eigenvalue weighted by Gasteiger charge is -2.11. The van der Waals surface area contributed by atoms with Crippen LogP contribution in [0.15, 0.2) is 42.5 Å². The van der Waals surface area contributed by atoms with E-state index in [-0.39, 0.29) is 12.1 Å². The molecule has 0 radical (unpaired) electrons. The number of anilines is 1. The fraction of sp³-hybridized carbons (Fsp3) is 0.133. The van der Waals surface area contributed by atoms with Crippen molar-refractivity contribution in [3.63, 3.8) is 0 Å². The van der Waals surface area contributed by atoms with E-state index < -0.39 is 29.3 Å². The number of alkyl halides is 3. The molecule has 0 saturated heterocycles. The largest absolute Gasteiger partial charge is 0.419 e. The van der Waals surface area contributed by atoms with E-state index in [0.29, 0.717) is 17.7 Å². The van der Waals surface area contributed by atoms with Crippen molar-refractivity contribution in [3.05, 3.63) is 65.2 Å². The summed E-state index contributed by atoms with van der Waals surface area (Å²) < 4.78 is 63.8. The van der Waals surface area contributed by atoms with Crippen molar-refractivity contribution >= 4 is 11.6 Å². The predicted octanol–water partition coefficient (Wildman–Crippen LogP) is 4.16. The van der Waals surface area contributed by atoms with Gasteiger partial charge in [-0.15, -0.1) is 0 Å². The molecule has 0 aliphatic rings. The SMILES string of the molecule is O=C(Cc1cccc(F)c1)Nc1ccc(F)c(C(F)(F)F)c1. The highest BCUT2D eigenvalue weighted by molar-refractivity contribution is 5.92. The zero-order valence-corrected chi connectivity index (χ0v) is 11.0. The van der Waals surface area contributed by atoms with Crippen LogP contribution in [-0.2, 0) is 17.4 Å². The number of nitrogens with one attached hydrogen (secondary N) is 1. The molecule has 0 atom stereocenters. The molecule has 116 valence electrons. The summed E-state index contributed by atoms with van der Waals surface area (Å²) in [5.41, 5.74) is -1.28. The minimum atomic E-state index is -4.85. The number of hydrogen-bond donors (Lipinski definition) is 1. The molecule has 0 aliphatic carbocycles. The van der Waals surface area contributed by atoms with E-state index in [1.807, 2.05) is 0 Å². The number of hydrogen-bond acceptors (Lipinski definition) is 1. The maximum atomic E-state index is 13.1. The first kappa shape index (κ1) is 15.9. The smallest absolute Gasteiger partial charge is 0.326 e. The van der Waals surface area contributed by atoms with Gasteiger partial charge in [0, 0.05) is 5.69 Å². The van der Waals surface area contributed by atoms with Gasteiger partial charge in [0.05, 0.1) is 12.0 Å². The van der Waals surface area contributed by atoms with Crippen LogP contribution in [0.1, 0.15) is 11.1 Å². The van der Waals surface area contributed by atoms with Gasteiger partial charge in [-0.05, 0) is 35.9 Å². The molecular formula is C15H10F5NO. The zero-order valence-electron chi connectivity index (χ0n) is 11.0. The van der Waals surface area contributed by atoms with Crippen LogP contribution >= 0.6 is 0 Å². The van der Waals surface area contributed by atoms with E-state index in [1.165, 1.54) is 18.2 Å². The van der Waals surface area contributed by atoms with Gasteiger partial charge in [0.2, 0.25) is 5.91 Å². The third-order valence-corrected chi connectivity index (χ3v) is 2.81. The van der Waals surface area contributed by atoms with Gasteiger partial charge in [-0.2, -0.15) is 13.2 Å². The average molecular weight is 315 g/mol.